The smallest absolute Gasteiger partial charge is 0.246 e. The van der Waals surface area contributed by atoms with Gasteiger partial charge in [0, 0.05) is 31.9 Å². The summed E-state index contributed by atoms with van der Waals surface area (Å²) in [5.41, 5.74) is 1.08. The first-order valence-electron chi connectivity index (χ1n) is 8.03. The van der Waals surface area contributed by atoms with E-state index in [9.17, 15) is 12.8 Å². The quantitative estimate of drug-likeness (QED) is 0.852. The molecule has 4 nitrogen and oxygen atoms in total. The SMILES string of the molecule is CN(C1CCCN(c2ccccc2)C1)S(=O)(=O)c1ccccc1F. The number of sulfonamides is 1. The van der Waals surface area contributed by atoms with Gasteiger partial charge in [-0.2, -0.15) is 4.31 Å². The third-order valence-electron chi connectivity index (χ3n) is 4.53. The molecule has 1 saturated heterocycles. The van der Waals surface area contributed by atoms with E-state index in [1.54, 1.807) is 13.1 Å². The second-order valence-corrected chi connectivity index (χ2v) is 8.00. The van der Waals surface area contributed by atoms with Gasteiger partial charge in [0.05, 0.1) is 0 Å². The number of likely N-dealkylation sites (N-methyl/N-ethyl adjacent to an activating group) is 1. The molecule has 3 rings (SSSR count). The van der Waals surface area contributed by atoms with Crippen LogP contribution in [0.1, 0.15) is 12.8 Å². The maximum atomic E-state index is 13.9. The molecule has 128 valence electrons. The summed E-state index contributed by atoms with van der Waals surface area (Å²) in [5, 5.41) is 0. The molecule has 0 N–H and O–H groups in total. The Bertz CT molecular complexity index is 796. The molecule has 1 heterocycles. The van der Waals surface area contributed by atoms with Crippen LogP contribution in [0.15, 0.2) is 59.5 Å². The van der Waals surface area contributed by atoms with E-state index in [2.05, 4.69) is 4.90 Å². The summed E-state index contributed by atoms with van der Waals surface area (Å²) < 4.78 is 40.8. The predicted octanol–water partition coefficient (Wildman–Crippen LogP) is 3.12. The van der Waals surface area contributed by atoms with E-state index in [1.807, 2.05) is 30.3 Å². The summed E-state index contributed by atoms with van der Waals surface area (Å²) in [4.78, 5) is 1.92. The lowest BCUT2D eigenvalue weighted by atomic mass is 10.1. The van der Waals surface area contributed by atoms with Crippen molar-refractivity contribution in [2.75, 3.05) is 25.0 Å². The topological polar surface area (TPSA) is 40.6 Å². The van der Waals surface area contributed by atoms with Crippen LogP contribution in [0.5, 0.6) is 0 Å². The van der Waals surface area contributed by atoms with Crippen LogP contribution in [0, 0.1) is 5.82 Å². The maximum Gasteiger partial charge on any atom is 0.246 e. The Hall–Kier alpha value is -1.92. The lowest BCUT2D eigenvalue weighted by Gasteiger charge is -2.38. The molecule has 24 heavy (non-hydrogen) atoms. The van der Waals surface area contributed by atoms with Crippen molar-refractivity contribution in [1.82, 2.24) is 4.31 Å². The van der Waals surface area contributed by atoms with Gasteiger partial charge in [0.15, 0.2) is 0 Å². The molecule has 0 amide bonds. The minimum absolute atomic E-state index is 0.177. The van der Waals surface area contributed by atoms with Crippen molar-refractivity contribution < 1.29 is 12.8 Å². The highest BCUT2D eigenvalue weighted by Crippen LogP contribution is 2.26. The van der Waals surface area contributed by atoms with Gasteiger partial charge < -0.3 is 4.90 Å². The lowest BCUT2D eigenvalue weighted by molar-refractivity contribution is 0.319. The molecular weight excluding hydrogens is 327 g/mol. The molecule has 1 fully saturated rings. The number of para-hydroxylation sites is 1. The van der Waals surface area contributed by atoms with Gasteiger partial charge in [-0.3, -0.25) is 0 Å². The van der Waals surface area contributed by atoms with Crippen LogP contribution in [-0.4, -0.2) is 38.9 Å². The standard InChI is InChI=1S/C18H21FN2O2S/c1-20(24(22,23)18-12-6-5-11-17(18)19)16-10-7-13-21(14-16)15-8-3-2-4-9-15/h2-6,8-9,11-12,16H,7,10,13-14H2,1H3. The molecule has 0 bridgehead atoms. The number of halogens is 1. The van der Waals surface area contributed by atoms with E-state index in [4.69, 9.17) is 0 Å². The fourth-order valence-electron chi connectivity index (χ4n) is 3.13. The highest BCUT2D eigenvalue weighted by molar-refractivity contribution is 7.89. The Morgan fingerprint density at radius 3 is 2.46 bits per heavy atom. The Balaban J connectivity index is 1.82. The summed E-state index contributed by atoms with van der Waals surface area (Å²) in [6.07, 6.45) is 1.67. The second kappa shape index (κ2) is 6.91. The van der Waals surface area contributed by atoms with Gasteiger partial charge in [-0.15, -0.1) is 0 Å². The van der Waals surface area contributed by atoms with E-state index >= 15 is 0 Å². The molecule has 2 aromatic carbocycles. The van der Waals surface area contributed by atoms with Crippen molar-refractivity contribution >= 4 is 15.7 Å². The Morgan fingerprint density at radius 2 is 1.75 bits per heavy atom. The second-order valence-electron chi connectivity index (χ2n) is 6.03. The first-order valence-corrected chi connectivity index (χ1v) is 9.47. The summed E-state index contributed by atoms with van der Waals surface area (Å²) >= 11 is 0. The number of nitrogens with zero attached hydrogens (tertiary/aromatic N) is 2. The molecule has 1 atom stereocenters. The summed E-state index contributed by atoms with van der Waals surface area (Å²) in [7, 11) is -2.30. The molecular formula is C18H21FN2O2S. The Morgan fingerprint density at radius 1 is 1.08 bits per heavy atom. The zero-order valence-electron chi connectivity index (χ0n) is 13.6. The number of rotatable bonds is 4. The monoisotopic (exact) mass is 348 g/mol. The first-order chi connectivity index (χ1) is 11.5. The van der Waals surface area contributed by atoms with Crippen LogP contribution < -0.4 is 4.90 Å². The van der Waals surface area contributed by atoms with Gasteiger partial charge in [-0.05, 0) is 37.1 Å². The fraction of sp³-hybridized carbons (Fsp3) is 0.333. The number of benzene rings is 2. The zero-order chi connectivity index (χ0) is 17.2. The molecule has 0 spiro atoms. The van der Waals surface area contributed by atoms with Crippen molar-refractivity contribution in [3.63, 3.8) is 0 Å². The van der Waals surface area contributed by atoms with E-state index in [-0.39, 0.29) is 10.9 Å². The molecule has 0 aromatic heterocycles. The summed E-state index contributed by atoms with van der Waals surface area (Å²) in [5.74, 6) is -0.708. The van der Waals surface area contributed by atoms with Crippen LogP contribution in [-0.2, 0) is 10.0 Å². The highest BCUT2D eigenvalue weighted by Gasteiger charge is 2.32. The van der Waals surface area contributed by atoms with Crippen molar-refractivity contribution in [1.29, 1.82) is 0 Å². The highest BCUT2D eigenvalue weighted by atomic mass is 32.2. The van der Waals surface area contributed by atoms with E-state index < -0.39 is 15.8 Å². The predicted molar refractivity (Wildman–Crippen MR) is 93.0 cm³/mol. The minimum atomic E-state index is -3.84. The van der Waals surface area contributed by atoms with E-state index in [0.29, 0.717) is 6.54 Å². The average molecular weight is 348 g/mol. The largest absolute Gasteiger partial charge is 0.370 e. The molecule has 1 unspecified atom stereocenters. The summed E-state index contributed by atoms with van der Waals surface area (Å²) in [6.45, 7) is 1.50. The van der Waals surface area contributed by atoms with E-state index in [0.717, 1.165) is 25.1 Å². The van der Waals surface area contributed by atoms with Crippen molar-refractivity contribution in [2.45, 2.75) is 23.8 Å². The number of hydrogen-bond acceptors (Lipinski definition) is 3. The number of anilines is 1. The van der Waals surface area contributed by atoms with Gasteiger partial charge in [-0.25, -0.2) is 12.8 Å². The van der Waals surface area contributed by atoms with Crippen LogP contribution >= 0.6 is 0 Å². The molecule has 1 aliphatic rings. The molecule has 0 radical (unpaired) electrons. The van der Waals surface area contributed by atoms with E-state index in [1.165, 1.54) is 22.5 Å². The van der Waals surface area contributed by atoms with Gasteiger partial charge in [0.25, 0.3) is 0 Å². The van der Waals surface area contributed by atoms with Gasteiger partial charge in [0.2, 0.25) is 10.0 Å². The van der Waals surface area contributed by atoms with Crippen molar-refractivity contribution in [3.8, 4) is 0 Å². The average Bonchev–Trinajstić information content (AvgIpc) is 2.62. The van der Waals surface area contributed by atoms with Crippen LogP contribution in [0.4, 0.5) is 10.1 Å². The van der Waals surface area contributed by atoms with Gasteiger partial charge in [-0.1, -0.05) is 30.3 Å². The maximum absolute atomic E-state index is 13.9. The lowest BCUT2D eigenvalue weighted by Crippen LogP contribution is -2.48. The third kappa shape index (κ3) is 3.30. The molecule has 2 aromatic rings. The minimum Gasteiger partial charge on any atom is -0.370 e. The third-order valence-corrected chi connectivity index (χ3v) is 6.47. The fourth-order valence-corrected chi connectivity index (χ4v) is 4.57. The van der Waals surface area contributed by atoms with Gasteiger partial charge in [0.1, 0.15) is 10.7 Å². The van der Waals surface area contributed by atoms with Crippen LogP contribution in [0.25, 0.3) is 0 Å². The molecule has 1 aliphatic heterocycles. The molecule has 6 heteroatoms. The van der Waals surface area contributed by atoms with Gasteiger partial charge >= 0.3 is 0 Å². The Kier molecular flexibility index (Phi) is 4.87. The normalized spacial score (nSPS) is 18.8. The van der Waals surface area contributed by atoms with Crippen LogP contribution in [0.3, 0.4) is 0 Å². The summed E-state index contributed by atoms with van der Waals surface area (Å²) in [6, 6.07) is 15.3. The van der Waals surface area contributed by atoms with Crippen LogP contribution in [0.2, 0.25) is 0 Å². The first kappa shape index (κ1) is 16.9. The molecule has 0 aliphatic carbocycles. The zero-order valence-corrected chi connectivity index (χ0v) is 14.4. The number of piperidine rings is 1. The van der Waals surface area contributed by atoms with Crippen molar-refractivity contribution in [3.05, 3.63) is 60.4 Å². The molecule has 0 saturated carbocycles. The van der Waals surface area contributed by atoms with Crippen molar-refractivity contribution in [2.24, 2.45) is 0 Å². The number of hydrogen-bond donors (Lipinski definition) is 0. The Labute approximate surface area is 142 Å².